The summed E-state index contributed by atoms with van der Waals surface area (Å²) < 4.78 is 13.2. The fourth-order valence-corrected chi connectivity index (χ4v) is 4.72. The van der Waals surface area contributed by atoms with Crippen molar-refractivity contribution < 1.29 is 14.3 Å². The summed E-state index contributed by atoms with van der Waals surface area (Å²) in [6.45, 7) is 7.96. The molecule has 0 radical (unpaired) electrons. The maximum Gasteiger partial charge on any atom is 0.192 e. The number of hydrogen-bond acceptors (Lipinski definition) is 6. The van der Waals surface area contributed by atoms with Crippen LogP contribution in [0, 0.1) is 0 Å². The molecule has 0 saturated carbocycles. The van der Waals surface area contributed by atoms with Crippen LogP contribution in [-0.2, 0) is 16.7 Å². The molecule has 0 bridgehead atoms. The molecule has 4 rings (SSSR count). The number of hydrogen-bond donors (Lipinski definition) is 0. The highest BCUT2D eigenvalue weighted by molar-refractivity contribution is 7.99. The van der Waals surface area contributed by atoms with Crippen molar-refractivity contribution in [1.82, 2.24) is 14.8 Å². The van der Waals surface area contributed by atoms with Gasteiger partial charge in [-0.15, -0.1) is 10.2 Å². The Morgan fingerprint density at radius 2 is 1.85 bits per heavy atom. The monoisotopic (exact) mass is 465 g/mol. The zero-order valence-corrected chi connectivity index (χ0v) is 20.5. The Morgan fingerprint density at radius 1 is 1.12 bits per heavy atom. The molecule has 7 heteroatoms. The first-order valence-electron chi connectivity index (χ1n) is 11.3. The molecule has 0 aliphatic carbocycles. The molecule has 0 N–H and O–H groups in total. The topological polar surface area (TPSA) is 66.2 Å². The van der Waals surface area contributed by atoms with Gasteiger partial charge < -0.3 is 9.47 Å². The van der Waals surface area contributed by atoms with Gasteiger partial charge in [-0.05, 0) is 48.1 Å². The third-order valence-electron chi connectivity index (χ3n) is 5.88. The lowest BCUT2D eigenvalue weighted by Crippen LogP contribution is -2.17. The Hall–Kier alpha value is -2.64. The lowest BCUT2D eigenvalue weighted by molar-refractivity contribution is 0.0953. The molecule has 1 fully saturated rings. The molecule has 2 aromatic carbocycles. The van der Waals surface area contributed by atoms with Crippen molar-refractivity contribution in [2.75, 3.05) is 19.5 Å². The van der Waals surface area contributed by atoms with Crippen LogP contribution >= 0.6 is 11.8 Å². The minimum atomic E-state index is 0.0624. The van der Waals surface area contributed by atoms with E-state index in [4.69, 9.17) is 9.47 Å². The van der Waals surface area contributed by atoms with Crippen molar-refractivity contribution in [3.63, 3.8) is 0 Å². The summed E-state index contributed by atoms with van der Waals surface area (Å²) in [6.07, 6.45) is 2.22. The molecule has 2 heterocycles. The molecule has 1 aliphatic rings. The van der Waals surface area contributed by atoms with Crippen molar-refractivity contribution in [1.29, 1.82) is 0 Å². The predicted molar refractivity (Wildman–Crippen MR) is 131 cm³/mol. The third kappa shape index (κ3) is 5.65. The summed E-state index contributed by atoms with van der Waals surface area (Å²) in [5.41, 5.74) is 2.95. The van der Waals surface area contributed by atoms with Crippen molar-refractivity contribution in [3.05, 3.63) is 59.7 Å². The zero-order chi connectivity index (χ0) is 23.4. The van der Waals surface area contributed by atoms with Crippen LogP contribution in [0.4, 0.5) is 0 Å². The predicted octanol–water partition coefficient (Wildman–Crippen LogP) is 5.41. The molecule has 1 saturated heterocycles. The van der Waals surface area contributed by atoms with Crippen LogP contribution in [0.1, 0.15) is 49.5 Å². The van der Waals surface area contributed by atoms with E-state index < -0.39 is 0 Å². The van der Waals surface area contributed by atoms with Gasteiger partial charge in [0.25, 0.3) is 0 Å². The van der Waals surface area contributed by atoms with Crippen molar-refractivity contribution in [2.24, 2.45) is 0 Å². The molecule has 1 unspecified atom stereocenters. The van der Waals surface area contributed by atoms with Gasteiger partial charge in [0, 0.05) is 17.7 Å². The molecule has 0 spiro atoms. The zero-order valence-electron chi connectivity index (χ0n) is 19.7. The van der Waals surface area contributed by atoms with E-state index >= 15 is 0 Å². The van der Waals surface area contributed by atoms with Gasteiger partial charge in [0.15, 0.2) is 16.8 Å². The average Bonchev–Trinajstić information content (AvgIpc) is 3.47. The summed E-state index contributed by atoms with van der Waals surface area (Å²) in [6, 6.07) is 15.7. The van der Waals surface area contributed by atoms with Gasteiger partial charge in [0.1, 0.15) is 5.75 Å². The fraction of sp³-hybridized carbons (Fsp3) is 0.423. The summed E-state index contributed by atoms with van der Waals surface area (Å²) >= 11 is 1.43. The molecule has 6 nitrogen and oxygen atoms in total. The van der Waals surface area contributed by atoms with Crippen LogP contribution in [0.25, 0.3) is 11.4 Å². The van der Waals surface area contributed by atoms with E-state index in [-0.39, 0.29) is 17.3 Å². The van der Waals surface area contributed by atoms with Crippen LogP contribution in [0.2, 0.25) is 0 Å². The van der Waals surface area contributed by atoms with Crippen LogP contribution in [0.5, 0.6) is 5.75 Å². The van der Waals surface area contributed by atoms with Gasteiger partial charge in [-0.3, -0.25) is 9.36 Å². The molecular weight excluding hydrogens is 434 g/mol. The first-order chi connectivity index (χ1) is 15.8. The second kappa shape index (κ2) is 10.1. The van der Waals surface area contributed by atoms with E-state index in [2.05, 4.69) is 35.5 Å². The molecule has 0 amide bonds. The maximum absolute atomic E-state index is 12.9. The maximum atomic E-state index is 12.9. The number of methoxy groups -OCH3 is 1. The minimum absolute atomic E-state index is 0.0624. The Balaban J connectivity index is 1.52. The number of ketones is 1. The van der Waals surface area contributed by atoms with E-state index in [1.165, 1.54) is 17.3 Å². The number of rotatable bonds is 8. The molecule has 1 aliphatic heterocycles. The molecule has 174 valence electrons. The molecule has 1 atom stereocenters. The SMILES string of the molecule is COc1ccc(-c2nnc(SCC(=O)c3ccc(C(C)(C)C)cc3)n2CC2CCCO2)cc1. The number of benzene rings is 2. The lowest BCUT2D eigenvalue weighted by Gasteiger charge is -2.19. The van der Waals surface area contributed by atoms with Crippen molar-refractivity contribution >= 4 is 17.5 Å². The molecule has 1 aromatic heterocycles. The molecule has 3 aromatic rings. The van der Waals surface area contributed by atoms with Crippen LogP contribution < -0.4 is 4.74 Å². The average molecular weight is 466 g/mol. The van der Waals surface area contributed by atoms with E-state index in [1.54, 1.807) is 7.11 Å². The van der Waals surface area contributed by atoms with E-state index in [0.29, 0.717) is 12.3 Å². The number of nitrogens with zero attached hydrogens (tertiary/aromatic N) is 3. The van der Waals surface area contributed by atoms with E-state index in [0.717, 1.165) is 47.3 Å². The normalized spacial score (nSPS) is 16.2. The summed E-state index contributed by atoms with van der Waals surface area (Å²) in [5, 5.41) is 9.62. The Labute approximate surface area is 199 Å². The largest absolute Gasteiger partial charge is 0.497 e. The minimum Gasteiger partial charge on any atom is -0.497 e. The first-order valence-corrected chi connectivity index (χ1v) is 12.3. The number of carbonyl (C=O) groups excluding carboxylic acids is 1. The summed E-state index contributed by atoms with van der Waals surface area (Å²) in [7, 11) is 1.65. The van der Waals surface area contributed by atoms with Crippen LogP contribution in [-0.4, -0.2) is 46.1 Å². The van der Waals surface area contributed by atoms with Gasteiger partial charge in [-0.2, -0.15) is 0 Å². The van der Waals surface area contributed by atoms with Crippen molar-refractivity contribution in [2.45, 2.75) is 56.8 Å². The second-order valence-corrected chi connectivity index (χ2v) is 10.3. The highest BCUT2D eigenvalue weighted by Crippen LogP contribution is 2.28. The van der Waals surface area contributed by atoms with Gasteiger partial charge in [-0.25, -0.2) is 0 Å². The number of thioether (sulfide) groups is 1. The lowest BCUT2D eigenvalue weighted by atomic mass is 9.86. The Kier molecular flexibility index (Phi) is 7.20. The number of aromatic nitrogens is 3. The smallest absolute Gasteiger partial charge is 0.192 e. The summed E-state index contributed by atoms with van der Waals surface area (Å²) in [4.78, 5) is 12.9. The van der Waals surface area contributed by atoms with Gasteiger partial charge >= 0.3 is 0 Å². The Morgan fingerprint density at radius 3 is 2.45 bits per heavy atom. The van der Waals surface area contributed by atoms with Gasteiger partial charge in [-0.1, -0.05) is 56.8 Å². The van der Waals surface area contributed by atoms with Crippen LogP contribution in [0.3, 0.4) is 0 Å². The number of Topliss-reactive ketones (excluding diaryl/α,β-unsaturated/α-hetero) is 1. The van der Waals surface area contributed by atoms with Crippen molar-refractivity contribution in [3.8, 4) is 17.1 Å². The standard InChI is InChI=1S/C26H31N3O3S/c1-26(2,3)20-11-7-18(8-12-20)23(30)17-33-25-28-27-24(19-9-13-21(31-4)14-10-19)29(25)16-22-6-5-15-32-22/h7-14,22H,5-6,15-17H2,1-4H3. The molecule has 33 heavy (non-hydrogen) atoms. The number of ether oxygens (including phenoxy) is 2. The quantitative estimate of drug-likeness (QED) is 0.328. The second-order valence-electron chi connectivity index (χ2n) is 9.32. The highest BCUT2D eigenvalue weighted by Gasteiger charge is 2.23. The first kappa shape index (κ1) is 23.5. The van der Waals surface area contributed by atoms with E-state index in [1.807, 2.05) is 48.5 Å². The number of carbonyl (C=O) groups is 1. The Bertz CT molecular complexity index is 1080. The third-order valence-corrected chi connectivity index (χ3v) is 6.85. The molecular formula is C26H31N3O3S. The summed E-state index contributed by atoms with van der Waals surface area (Å²) in [5.74, 6) is 1.96. The highest BCUT2D eigenvalue weighted by atomic mass is 32.2. The van der Waals surface area contributed by atoms with E-state index in [9.17, 15) is 4.79 Å². The van der Waals surface area contributed by atoms with Crippen LogP contribution in [0.15, 0.2) is 53.7 Å². The fourth-order valence-electron chi connectivity index (χ4n) is 3.88. The van der Waals surface area contributed by atoms with Gasteiger partial charge in [0.2, 0.25) is 0 Å². The van der Waals surface area contributed by atoms with Gasteiger partial charge in [0.05, 0.1) is 25.5 Å².